The first-order chi connectivity index (χ1) is 7.81. The Balaban J connectivity index is 2.17. The molecular formula is C13H16N2O. The standard InChI is InChI=1S/C13H16N2O/c1-10-4-3-6-15-12(10)8-13(14-2)11-5-7-16-9-11/h3-7,9,13-14H,8H2,1-2H3. The average Bonchev–Trinajstić information content (AvgIpc) is 2.81. The van der Waals surface area contributed by atoms with Gasteiger partial charge in [0.1, 0.15) is 0 Å². The van der Waals surface area contributed by atoms with E-state index >= 15 is 0 Å². The van der Waals surface area contributed by atoms with Gasteiger partial charge in [-0.1, -0.05) is 6.07 Å². The van der Waals surface area contributed by atoms with Crippen LogP contribution in [0, 0.1) is 6.92 Å². The Morgan fingerprint density at radius 1 is 1.44 bits per heavy atom. The molecule has 0 fully saturated rings. The molecule has 2 rings (SSSR count). The number of nitrogens with one attached hydrogen (secondary N) is 1. The van der Waals surface area contributed by atoms with Gasteiger partial charge in [-0.15, -0.1) is 0 Å². The van der Waals surface area contributed by atoms with Crippen LogP contribution in [0.4, 0.5) is 0 Å². The Hall–Kier alpha value is -1.61. The fraction of sp³-hybridized carbons (Fsp3) is 0.308. The maximum Gasteiger partial charge on any atom is 0.0950 e. The highest BCUT2D eigenvalue weighted by molar-refractivity contribution is 5.22. The van der Waals surface area contributed by atoms with Gasteiger partial charge in [0.15, 0.2) is 0 Å². The van der Waals surface area contributed by atoms with Crippen LogP contribution in [0.1, 0.15) is 22.9 Å². The average molecular weight is 216 g/mol. The summed E-state index contributed by atoms with van der Waals surface area (Å²) in [7, 11) is 1.95. The molecule has 3 nitrogen and oxygen atoms in total. The minimum Gasteiger partial charge on any atom is -0.472 e. The number of aromatic nitrogens is 1. The Kier molecular flexibility index (Phi) is 3.37. The number of furan rings is 1. The third-order valence-corrected chi connectivity index (χ3v) is 2.81. The van der Waals surface area contributed by atoms with Crippen molar-refractivity contribution in [2.24, 2.45) is 0 Å². The summed E-state index contributed by atoms with van der Waals surface area (Å²) in [5.41, 5.74) is 3.52. The number of rotatable bonds is 4. The van der Waals surface area contributed by atoms with E-state index in [2.05, 4.69) is 23.3 Å². The third kappa shape index (κ3) is 2.31. The van der Waals surface area contributed by atoms with Crippen molar-refractivity contribution in [1.29, 1.82) is 0 Å². The van der Waals surface area contributed by atoms with Crippen molar-refractivity contribution in [2.45, 2.75) is 19.4 Å². The Morgan fingerprint density at radius 2 is 2.31 bits per heavy atom. The predicted octanol–water partition coefficient (Wildman–Crippen LogP) is 2.49. The van der Waals surface area contributed by atoms with Crippen molar-refractivity contribution in [3.8, 4) is 0 Å². The van der Waals surface area contributed by atoms with E-state index in [0.29, 0.717) is 0 Å². The van der Waals surface area contributed by atoms with Gasteiger partial charge in [-0.3, -0.25) is 4.98 Å². The van der Waals surface area contributed by atoms with E-state index in [1.54, 1.807) is 12.5 Å². The highest BCUT2D eigenvalue weighted by atomic mass is 16.3. The molecule has 2 aromatic heterocycles. The Morgan fingerprint density at radius 3 is 2.94 bits per heavy atom. The molecule has 0 saturated carbocycles. The zero-order valence-corrected chi connectivity index (χ0v) is 9.60. The summed E-state index contributed by atoms with van der Waals surface area (Å²) in [5.74, 6) is 0. The van der Waals surface area contributed by atoms with Gasteiger partial charge in [0.2, 0.25) is 0 Å². The molecule has 1 atom stereocenters. The van der Waals surface area contributed by atoms with Crippen molar-refractivity contribution in [3.05, 3.63) is 53.7 Å². The van der Waals surface area contributed by atoms with Crippen molar-refractivity contribution < 1.29 is 4.42 Å². The maximum atomic E-state index is 5.10. The molecular weight excluding hydrogens is 200 g/mol. The summed E-state index contributed by atoms with van der Waals surface area (Å²) in [6.07, 6.45) is 6.19. The zero-order chi connectivity index (χ0) is 11.4. The van der Waals surface area contributed by atoms with E-state index in [1.165, 1.54) is 5.56 Å². The van der Waals surface area contributed by atoms with Gasteiger partial charge in [0.25, 0.3) is 0 Å². The van der Waals surface area contributed by atoms with Crippen LogP contribution < -0.4 is 5.32 Å². The molecule has 1 N–H and O–H groups in total. The van der Waals surface area contributed by atoms with Gasteiger partial charge in [-0.05, 0) is 31.7 Å². The van der Waals surface area contributed by atoms with Crippen molar-refractivity contribution >= 4 is 0 Å². The summed E-state index contributed by atoms with van der Waals surface area (Å²) in [6.45, 7) is 2.09. The van der Waals surface area contributed by atoms with E-state index in [9.17, 15) is 0 Å². The summed E-state index contributed by atoms with van der Waals surface area (Å²) in [4.78, 5) is 4.41. The van der Waals surface area contributed by atoms with Gasteiger partial charge in [0, 0.05) is 29.9 Å². The molecule has 2 heterocycles. The minimum atomic E-state index is 0.257. The van der Waals surface area contributed by atoms with Gasteiger partial charge < -0.3 is 9.73 Å². The van der Waals surface area contributed by atoms with E-state index in [1.807, 2.05) is 25.4 Å². The molecule has 0 aromatic carbocycles. The normalized spacial score (nSPS) is 12.6. The van der Waals surface area contributed by atoms with E-state index < -0.39 is 0 Å². The van der Waals surface area contributed by atoms with Crippen LogP contribution in [0.25, 0.3) is 0 Å². The van der Waals surface area contributed by atoms with Gasteiger partial charge in [-0.2, -0.15) is 0 Å². The fourth-order valence-corrected chi connectivity index (χ4v) is 1.79. The monoisotopic (exact) mass is 216 g/mol. The second-order valence-corrected chi connectivity index (χ2v) is 3.87. The number of hydrogen-bond donors (Lipinski definition) is 1. The smallest absolute Gasteiger partial charge is 0.0950 e. The molecule has 1 unspecified atom stereocenters. The SMILES string of the molecule is CNC(Cc1ncccc1C)c1ccoc1. The van der Waals surface area contributed by atoms with Crippen molar-refractivity contribution in [1.82, 2.24) is 10.3 Å². The number of hydrogen-bond acceptors (Lipinski definition) is 3. The lowest BCUT2D eigenvalue weighted by molar-refractivity contribution is 0.539. The van der Waals surface area contributed by atoms with Crippen LogP contribution in [0.5, 0.6) is 0 Å². The van der Waals surface area contributed by atoms with E-state index in [0.717, 1.165) is 17.7 Å². The molecule has 0 aliphatic rings. The summed E-state index contributed by atoms with van der Waals surface area (Å²) < 4.78 is 5.10. The summed E-state index contributed by atoms with van der Waals surface area (Å²) in [6, 6.07) is 6.29. The molecule has 16 heavy (non-hydrogen) atoms. The van der Waals surface area contributed by atoms with E-state index in [-0.39, 0.29) is 6.04 Å². The number of likely N-dealkylation sites (N-methyl/N-ethyl adjacent to an activating group) is 1. The number of pyridine rings is 1. The lowest BCUT2D eigenvalue weighted by Crippen LogP contribution is -2.19. The fourth-order valence-electron chi connectivity index (χ4n) is 1.79. The van der Waals surface area contributed by atoms with E-state index in [4.69, 9.17) is 4.42 Å². The molecule has 0 radical (unpaired) electrons. The molecule has 0 amide bonds. The summed E-state index contributed by atoms with van der Waals surface area (Å²) >= 11 is 0. The second-order valence-electron chi connectivity index (χ2n) is 3.87. The first-order valence-corrected chi connectivity index (χ1v) is 5.41. The summed E-state index contributed by atoms with van der Waals surface area (Å²) in [5, 5.41) is 3.28. The molecule has 0 saturated heterocycles. The Labute approximate surface area is 95.5 Å². The lowest BCUT2D eigenvalue weighted by atomic mass is 10.0. The topological polar surface area (TPSA) is 38.1 Å². The number of nitrogens with zero attached hydrogens (tertiary/aromatic N) is 1. The molecule has 2 aromatic rings. The van der Waals surface area contributed by atoms with Gasteiger partial charge >= 0.3 is 0 Å². The first-order valence-electron chi connectivity index (χ1n) is 5.41. The molecule has 0 bridgehead atoms. The van der Waals surface area contributed by atoms with Crippen LogP contribution in [0.15, 0.2) is 41.3 Å². The van der Waals surface area contributed by atoms with Crippen LogP contribution in [0.3, 0.4) is 0 Å². The second kappa shape index (κ2) is 4.94. The van der Waals surface area contributed by atoms with Gasteiger partial charge in [-0.25, -0.2) is 0 Å². The predicted molar refractivity (Wildman–Crippen MR) is 63.2 cm³/mol. The molecule has 0 aliphatic carbocycles. The minimum absolute atomic E-state index is 0.257. The maximum absolute atomic E-state index is 5.10. The third-order valence-electron chi connectivity index (χ3n) is 2.81. The van der Waals surface area contributed by atoms with Crippen molar-refractivity contribution in [2.75, 3.05) is 7.05 Å². The number of aryl methyl sites for hydroxylation is 1. The highest BCUT2D eigenvalue weighted by Crippen LogP contribution is 2.18. The zero-order valence-electron chi connectivity index (χ0n) is 9.60. The van der Waals surface area contributed by atoms with Crippen LogP contribution in [-0.2, 0) is 6.42 Å². The van der Waals surface area contributed by atoms with Gasteiger partial charge in [0.05, 0.1) is 12.5 Å². The molecule has 0 aliphatic heterocycles. The van der Waals surface area contributed by atoms with Crippen molar-refractivity contribution in [3.63, 3.8) is 0 Å². The highest BCUT2D eigenvalue weighted by Gasteiger charge is 2.12. The van der Waals surface area contributed by atoms with Crippen LogP contribution in [0.2, 0.25) is 0 Å². The molecule has 3 heteroatoms. The molecule has 0 spiro atoms. The van der Waals surface area contributed by atoms with Crippen LogP contribution >= 0.6 is 0 Å². The quantitative estimate of drug-likeness (QED) is 0.853. The Bertz CT molecular complexity index is 437. The largest absolute Gasteiger partial charge is 0.472 e. The molecule has 84 valence electrons. The first kappa shape index (κ1) is 10.9. The lowest BCUT2D eigenvalue weighted by Gasteiger charge is -2.14. The van der Waals surface area contributed by atoms with Crippen LogP contribution in [-0.4, -0.2) is 12.0 Å².